The lowest BCUT2D eigenvalue weighted by Gasteiger charge is -2.02. The van der Waals surface area contributed by atoms with Gasteiger partial charge in [0.25, 0.3) is 5.91 Å². The molecule has 0 atom stereocenters. The van der Waals surface area contributed by atoms with Gasteiger partial charge in [-0.2, -0.15) is 11.8 Å². The molecule has 1 heterocycles. The Labute approximate surface area is 125 Å². The van der Waals surface area contributed by atoms with E-state index in [0.29, 0.717) is 17.3 Å². The minimum Gasteiger partial charge on any atom is -0.377 e. The third kappa shape index (κ3) is 4.03. The maximum atomic E-state index is 12.0. The van der Waals surface area contributed by atoms with Crippen molar-refractivity contribution in [2.24, 2.45) is 0 Å². The van der Waals surface area contributed by atoms with Crippen molar-refractivity contribution < 1.29 is 9.53 Å². The number of nitrogens with one attached hydrogen (secondary N) is 1. The van der Waals surface area contributed by atoms with E-state index in [-0.39, 0.29) is 5.91 Å². The first-order valence-electron chi connectivity index (χ1n) is 5.93. The predicted octanol–water partition coefficient (Wildman–Crippen LogP) is 2.80. The molecule has 0 radical (unpaired) electrons. The van der Waals surface area contributed by atoms with Crippen LogP contribution in [0.15, 0.2) is 24.3 Å². The average Bonchev–Trinajstić information content (AvgIpc) is 2.88. The molecule has 106 valence electrons. The van der Waals surface area contributed by atoms with E-state index >= 15 is 0 Å². The number of anilines is 1. The van der Waals surface area contributed by atoms with Crippen LogP contribution in [0, 0.1) is 0 Å². The zero-order chi connectivity index (χ0) is 14.4. The van der Waals surface area contributed by atoms with Crippen LogP contribution in [0.2, 0.25) is 0 Å². The average molecular weight is 309 g/mol. The van der Waals surface area contributed by atoms with Gasteiger partial charge in [0.15, 0.2) is 0 Å². The number of thioether (sulfide) groups is 1. The summed E-state index contributed by atoms with van der Waals surface area (Å²) >= 11 is 3.06. The van der Waals surface area contributed by atoms with Gasteiger partial charge in [-0.15, -0.1) is 10.2 Å². The Morgan fingerprint density at radius 3 is 2.75 bits per heavy atom. The van der Waals surface area contributed by atoms with Gasteiger partial charge in [0.2, 0.25) is 5.13 Å². The van der Waals surface area contributed by atoms with Gasteiger partial charge in [0.05, 0.1) is 0 Å². The monoisotopic (exact) mass is 309 g/mol. The highest BCUT2D eigenvalue weighted by molar-refractivity contribution is 7.97. The number of rotatable bonds is 6. The molecular formula is C13H15N3O2S2. The van der Waals surface area contributed by atoms with E-state index in [1.54, 1.807) is 18.9 Å². The fraction of sp³-hybridized carbons (Fsp3) is 0.308. The Balaban J connectivity index is 1.99. The number of methoxy groups -OCH3 is 1. The number of amides is 1. The molecule has 0 spiro atoms. The number of ether oxygens (including phenoxy) is 1. The van der Waals surface area contributed by atoms with Crippen LogP contribution in [0.4, 0.5) is 5.13 Å². The number of hydrogen-bond acceptors (Lipinski definition) is 6. The van der Waals surface area contributed by atoms with Crippen LogP contribution in [0.5, 0.6) is 0 Å². The first-order chi connectivity index (χ1) is 9.72. The van der Waals surface area contributed by atoms with Crippen LogP contribution in [0.3, 0.4) is 0 Å². The van der Waals surface area contributed by atoms with Crippen molar-refractivity contribution in [3.8, 4) is 0 Å². The highest BCUT2D eigenvalue weighted by Gasteiger charge is 2.10. The van der Waals surface area contributed by atoms with Crippen molar-refractivity contribution in [2.75, 3.05) is 18.7 Å². The van der Waals surface area contributed by atoms with Gasteiger partial charge in [-0.3, -0.25) is 10.1 Å². The van der Waals surface area contributed by atoms with Crippen LogP contribution in [-0.4, -0.2) is 29.5 Å². The van der Waals surface area contributed by atoms with E-state index in [9.17, 15) is 4.79 Å². The Morgan fingerprint density at radius 1 is 1.35 bits per heavy atom. The van der Waals surface area contributed by atoms with Gasteiger partial charge >= 0.3 is 0 Å². The summed E-state index contributed by atoms with van der Waals surface area (Å²) in [5, 5.41) is 11.8. The number of benzene rings is 1. The van der Waals surface area contributed by atoms with E-state index in [1.807, 2.05) is 30.5 Å². The molecule has 0 bridgehead atoms. The van der Waals surface area contributed by atoms with Crippen LogP contribution >= 0.6 is 23.1 Å². The second kappa shape index (κ2) is 7.37. The predicted molar refractivity (Wildman–Crippen MR) is 82.2 cm³/mol. The lowest BCUT2D eigenvalue weighted by atomic mass is 10.1. The SMILES string of the molecule is COCc1nnc(NC(=O)c2ccc(CSC)cc2)s1. The molecule has 1 N–H and O–H groups in total. The normalized spacial score (nSPS) is 10.5. The Morgan fingerprint density at radius 2 is 2.10 bits per heavy atom. The summed E-state index contributed by atoms with van der Waals surface area (Å²) in [6.07, 6.45) is 2.05. The second-order valence-corrected chi connectivity index (χ2v) is 5.95. The molecule has 20 heavy (non-hydrogen) atoms. The van der Waals surface area contributed by atoms with Gasteiger partial charge in [0.1, 0.15) is 11.6 Å². The molecule has 5 nitrogen and oxygen atoms in total. The van der Waals surface area contributed by atoms with Crippen molar-refractivity contribution in [3.63, 3.8) is 0 Å². The molecule has 0 aliphatic carbocycles. The zero-order valence-corrected chi connectivity index (χ0v) is 12.9. The van der Waals surface area contributed by atoms with Crippen LogP contribution < -0.4 is 5.32 Å². The summed E-state index contributed by atoms with van der Waals surface area (Å²) in [5.74, 6) is 0.763. The number of hydrogen-bond donors (Lipinski definition) is 1. The van der Waals surface area contributed by atoms with E-state index < -0.39 is 0 Å². The molecule has 0 saturated carbocycles. The fourth-order valence-corrected chi connectivity index (χ4v) is 2.81. The summed E-state index contributed by atoms with van der Waals surface area (Å²) in [4.78, 5) is 12.0. The molecule has 2 rings (SSSR count). The molecule has 1 aromatic carbocycles. The number of aromatic nitrogens is 2. The number of carbonyl (C=O) groups is 1. The second-order valence-electron chi connectivity index (χ2n) is 4.02. The summed E-state index contributed by atoms with van der Waals surface area (Å²) in [5.41, 5.74) is 1.81. The largest absolute Gasteiger partial charge is 0.377 e. The third-order valence-electron chi connectivity index (χ3n) is 2.48. The van der Waals surface area contributed by atoms with Crippen LogP contribution in [0.25, 0.3) is 0 Å². The fourth-order valence-electron chi connectivity index (χ4n) is 1.57. The topological polar surface area (TPSA) is 64.1 Å². The summed E-state index contributed by atoms with van der Waals surface area (Å²) in [6, 6.07) is 7.56. The lowest BCUT2D eigenvalue weighted by Crippen LogP contribution is -2.11. The minimum absolute atomic E-state index is 0.180. The molecular weight excluding hydrogens is 294 g/mol. The lowest BCUT2D eigenvalue weighted by molar-refractivity contribution is 0.102. The molecule has 0 saturated heterocycles. The Kier molecular flexibility index (Phi) is 5.51. The highest BCUT2D eigenvalue weighted by atomic mass is 32.2. The molecule has 0 aliphatic heterocycles. The van der Waals surface area contributed by atoms with Gasteiger partial charge in [-0.05, 0) is 24.0 Å². The van der Waals surface area contributed by atoms with E-state index in [0.717, 1.165) is 10.8 Å². The maximum Gasteiger partial charge on any atom is 0.257 e. The van der Waals surface area contributed by atoms with Gasteiger partial charge < -0.3 is 4.74 Å². The molecule has 7 heteroatoms. The number of nitrogens with zero attached hydrogens (tertiary/aromatic N) is 2. The minimum atomic E-state index is -0.180. The maximum absolute atomic E-state index is 12.0. The van der Waals surface area contributed by atoms with Gasteiger partial charge in [-0.25, -0.2) is 0 Å². The molecule has 1 aromatic heterocycles. The smallest absolute Gasteiger partial charge is 0.257 e. The van der Waals surface area contributed by atoms with E-state index in [2.05, 4.69) is 15.5 Å². The molecule has 0 fully saturated rings. The van der Waals surface area contributed by atoms with Crippen molar-refractivity contribution in [1.82, 2.24) is 10.2 Å². The van der Waals surface area contributed by atoms with Crippen molar-refractivity contribution in [1.29, 1.82) is 0 Å². The van der Waals surface area contributed by atoms with Gasteiger partial charge in [0, 0.05) is 18.4 Å². The first-order valence-corrected chi connectivity index (χ1v) is 8.14. The quantitative estimate of drug-likeness (QED) is 0.889. The zero-order valence-electron chi connectivity index (χ0n) is 11.3. The highest BCUT2D eigenvalue weighted by Crippen LogP contribution is 2.17. The summed E-state index contributed by atoms with van der Waals surface area (Å²) in [6.45, 7) is 0.400. The first kappa shape index (κ1) is 15.0. The third-order valence-corrected chi connectivity index (χ3v) is 3.92. The molecule has 0 unspecified atom stereocenters. The number of carbonyl (C=O) groups excluding carboxylic acids is 1. The van der Waals surface area contributed by atoms with Crippen LogP contribution in [0.1, 0.15) is 20.9 Å². The Hall–Kier alpha value is -1.44. The van der Waals surface area contributed by atoms with Crippen molar-refractivity contribution in [2.45, 2.75) is 12.4 Å². The van der Waals surface area contributed by atoms with E-state index in [4.69, 9.17) is 4.74 Å². The Bertz CT molecular complexity index is 569. The van der Waals surface area contributed by atoms with Crippen molar-refractivity contribution >= 4 is 34.1 Å². The summed E-state index contributed by atoms with van der Waals surface area (Å²) < 4.78 is 4.96. The molecule has 2 aromatic rings. The van der Waals surface area contributed by atoms with E-state index in [1.165, 1.54) is 16.9 Å². The van der Waals surface area contributed by atoms with Crippen LogP contribution in [-0.2, 0) is 17.1 Å². The molecule has 0 aliphatic rings. The van der Waals surface area contributed by atoms with Gasteiger partial charge in [-0.1, -0.05) is 23.5 Å². The van der Waals surface area contributed by atoms with Crippen molar-refractivity contribution in [3.05, 3.63) is 40.4 Å². The summed E-state index contributed by atoms with van der Waals surface area (Å²) in [7, 11) is 1.59. The molecule has 1 amide bonds. The standard InChI is InChI=1S/C13H15N3O2S2/c1-18-7-11-15-16-13(20-11)14-12(17)10-5-3-9(4-6-10)8-19-2/h3-6H,7-8H2,1-2H3,(H,14,16,17).